The molecule has 1 saturated heterocycles. The Bertz CT molecular complexity index is 508. The van der Waals surface area contributed by atoms with Gasteiger partial charge >= 0.3 is 11.9 Å². The quantitative estimate of drug-likeness (QED) is 0.270. The van der Waals surface area contributed by atoms with Gasteiger partial charge in [0.2, 0.25) is 5.91 Å². The Balaban J connectivity index is 2.36. The van der Waals surface area contributed by atoms with E-state index in [4.69, 9.17) is 19.7 Å². The number of hydrogen-bond acceptors (Lipinski definition) is 8. The molecule has 0 bridgehead atoms. The first-order chi connectivity index (χ1) is 14.9. The van der Waals surface area contributed by atoms with Crippen LogP contribution in [0.3, 0.4) is 0 Å². The van der Waals surface area contributed by atoms with Crippen LogP contribution in [0.1, 0.15) is 19.8 Å². The van der Waals surface area contributed by atoms with Crippen molar-refractivity contribution in [1.82, 2.24) is 20.0 Å². The molecule has 1 aliphatic rings. The molecule has 3 N–H and O–H groups in total. The molecule has 0 saturated carbocycles. The van der Waals surface area contributed by atoms with Crippen molar-refractivity contribution < 1.29 is 34.1 Å². The molecule has 0 aromatic rings. The number of carboxylic acid groups (broad SMARTS) is 2. The second-order valence-electron chi connectivity index (χ2n) is 7.54. The van der Waals surface area contributed by atoms with Crippen molar-refractivity contribution in [3.63, 3.8) is 0 Å². The Morgan fingerprint density at radius 1 is 0.742 bits per heavy atom. The highest BCUT2D eigenvalue weighted by Crippen LogP contribution is 2.01. The molecule has 1 rings (SSSR count). The summed E-state index contributed by atoms with van der Waals surface area (Å²) in [7, 11) is 0. The minimum absolute atomic E-state index is 0.111. The molecule has 0 unspecified atom stereocenters. The van der Waals surface area contributed by atoms with Gasteiger partial charge in [0.05, 0.1) is 39.5 Å². The number of aliphatic carboxylic acids is 2. The molecule has 180 valence electrons. The second-order valence-corrected chi connectivity index (χ2v) is 7.54. The fraction of sp³-hybridized carbons (Fsp3) is 0.850. The molecule has 11 heteroatoms. The highest BCUT2D eigenvalue weighted by Gasteiger charge is 2.20. The zero-order valence-corrected chi connectivity index (χ0v) is 18.6. The van der Waals surface area contributed by atoms with Crippen LogP contribution in [0.4, 0.5) is 0 Å². The number of hydrogen-bond donors (Lipinski definition) is 3. The summed E-state index contributed by atoms with van der Waals surface area (Å²) in [5, 5.41) is 21.0. The molecule has 0 aliphatic carbocycles. The second kappa shape index (κ2) is 16.8. The van der Waals surface area contributed by atoms with E-state index >= 15 is 0 Å². The van der Waals surface area contributed by atoms with Crippen LogP contribution < -0.4 is 5.32 Å². The van der Waals surface area contributed by atoms with E-state index in [9.17, 15) is 14.4 Å². The Kier molecular flexibility index (Phi) is 14.8. The van der Waals surface area contributed by atoms with E-state index in [0.717, 1.165) is 19.4 Å². The summed E-state index contributed by atoms with van der Waals surface area (Å²) in [6, 6.07) is 0. The van der Waals surface area contributed by atoms with E-state index in [2.05, 4.69) is 12.2 Å². The van der Waals surface area contributed by atoms with E-state index in [1.54, 1.807) is 9.80 Å². The van der Waals surface area contributed by atoms with Gasteiger partial charge in [-0.05, 0) is 6.42 Å². The largest absolute Gasteiger partial charge is 0.480 e. The molecule has 11 nitrogen and oxygen atoms in total. The third-order valence-corrected chi connectivity index (χ3v) is 4.87. The molecule has 1 fully saturated rings. The number of ether oxygens (including phenoxy) is 2. The third kappa shape index (κ3) is 14.8. The van der Waals surface area contributed by atoms with Gasteiger partial charge in [-0.15, -0.1) is 0 Å². The van der Waals surface area contributed by atoms with E-state index in [0.29, 0.717) is 65.6 Å². The van der Waals surface area contributed by atoms with Crippen molar-refractivity contribution in [2.45, 2.75) is 19.8 Å². The molecule has 31 heavy (non-hydrogen) atoms. The van der Waals surface area contributed by atoms with Gasteiger partial charge in [0, 0.05) is 52.4 Å². The molecule has 0 radical (unpaired) electrons. The minimum atomic E-state index is -0.927. The number of nitrogens with zero attached hydrogens (tertiary/aromatic N) is 3. The molecule has 1 heterocycles. The highest BCUT2D eigenvalue weighted by atomic mass is 16.5. The van der Waals surface area contributed by atoms with Crippen LogP contribution in [0.5, 0.6) is 0 Å². The Hall–Kier alpha value is -1.79. The third-order valence-electron chi connectivity index (χ3n) is 4.87. The van der Waals surface area contributed by atoms with Crippen molar-refractivity contribution >= 4 is 17.8 Å². The lowest BCUT2D eigenvalue weighted by atomic mass is 10.4. The zero-order chi connectivity index (χ0) is 22.9. The smallest absolute Gasteiger partial charge is 0.317 e. The molecule has 0 aromatic carbocycles. The van der Waals surface area contributed by atoms with E-state index in [1.165, 1.54) is 0 Å². The number of rotatable bonds is 15. The number of amides is 1. The number of carbonyl (C=O) groups excluding carboxylic acids is 1. The topological polar surface area (TPSA) is 132 Å². The fourth-order valence-electron chi connectivity index (χ4n) is 3.13. The zero-order valence-electron chi connectivity index (χ0n) is 18.6. The number of nitrogens with one attached hydrogen (secondary N) is 1. The fourth-order valence-corrected chi connectivity index (χ4v) is 3.13. The van der Waals surface area contributed by atoms with Crippen molar-refractivity contribution in [3.8, 4) is 0 Å². The summed E-state index contributed by atoms with van der Waals surface area (Å²) in [6.45, 7) is 7.64. The maximum absolute atomic E-state index is 12.3. The predicted molar refractivity (Wildman–Crippen MR) is 114 cm³/mol. The molecule has 1 aliphatic heterocycles. The van der Waals surface area contributed by atoms with Crippen LogP contribution in [-0.2, 0) is 23.9 Å². The summed E-state index contributed by atoms with van der Waals surface area (Å²) in [5.41, 5.74) is 0. The lowest BCUT2D eigenvalue weighted by molar-refractivity contribution is -0.140. The Morgan fingerprint density at radius 2 is 1.19 bits per heavy atom. The first kappa shape index (κ1) is 27.2. The van der Waals surface area contributed by atoms with E-state index < -0.39 is 11.9 Å². The molecule has 0 aromatic heterocycles. The first-order valence-corrected chi connectivity index (χ1v) is 10.9. The van der Waals surface area contributed by atoms with Gasteiger partial charge < -0.3 is 25.0 Å². The van der Waals surface area contributed by atoms with Gasteiger partial charge in [0.1, 0.15) is 0 Å². The van der Waals surface area contributed by atoms with E-state index in [-0.39, 0.29) is 25.5 Å². The average Bonchev–Trinajstić information content (AvgIpc) is 2.78. The lowest BCUT2D eigenvalue weighted by Gasteiger charge is -2.24. The monoisotopic (exact) mass is 446 g/mol. The number of unbranched alkanes of at least 4 members (excludes halogenated alkanes) is 1. The van der Waals surface area contributed by atoms with Gasteiger partial charge in [0.25, 0.3) is 0 Å². The van der Waals surface area contributed by atoms with E-state index in [1.807, 2.05) is 4.90 Å². The maximum Gasteiger partial charge on any atom is 0.317 e. The summed E-state index contributed by atoms with van der Waals surface area (Å²) in [6.07, 6.45) is 2.13. The SMILES string of the molecule is CCCCOCCOCCNC(=O)CN1CCN(CC(=O)O)CCN(CC(=O)O)CC1. The molecule has 1 amide bonds. The van der Waals surface area contributed by atoms with Crippen LogP contribution in [0.2, 0.25) is 0 Å². The van der Waals surface area contributed by atoms with Crippen molar-refractivity contribution in [2.24, 2.45) is 0 Å². The number of carbonyl (C=O) groups is 3. The van der Waals surface area contributed by atoms with Gasteiger partial charge in [-0.25, -0.2) is 0 Å². The Labute approximate surface area is 184 Å². The van der Waals surface area contributed by atoms with Crippen LogP contribution in [0.25, 0.3) is 0 Å². The standard InChI is InChI=1S/C20H38N4O7/c1-2-3-11-30-13-14-31-12-4-21-18(25)15-22-5-7-23(16-19(26)27)9-10-24(8-6-22)17-20(28)29/h2-17H2,1H3,(H,21,25)(H,26,27)(H,28,29). The lowest BCUT2D eigenvalue weighted by Crippen LogP contribution is -2.43. The van der Waals surface area contributed by atoms with Crippen LogP contribution in [0, 0.1) is 0 Å². The molecule has 0 atom stereocenters. The van der Waals surface area contributed by atoms with Gasteiger partial charge in [-0.2, -0.15) is 0 Å². The number of carboxylic acids is 2. The molecular formula is C20H38N4O7. The van der Waals surface area contributed by atoms with Gasteiger partial charge in [0.15, 0.2) is 0 Å². The first-order valence-electron chi connectivity index (χ1n) is 10.9. The predicted octanol–water partition coefficient (Wildman–Crippen LogP) is -0.975. The summed E-state index contributed by atoms with van der Waals surface area (Å²) in [5.74, 6) is -2.00. The van der Waals surface area contributed by atoms with Gasteiger partial charge in [-0.1, -0.05) is 13.3 Å². The minimum Gasteiger partial charge on any atom is -0.480 e. The maximum atomic E-state index is 12.3. The molecule has 0 spiro atoms. The van der Waals surface area contributed by atoms with Crippen LogP contribution >= 0.6 is 0 Å². The Morgan fingerprint density at radius 3 is 1.65 bits per heavy atom. The highest BCUT2D eigenvalue weighted by molar-refractivity contribution is 5.78. The summed E-state index contributed by atoms with van der Waals surface area (Å²) < 4.78 is 10.8. The van der Waals surface area contributed by atoms with Gasteiger partial charge in [-0.3, -0.25) is 29.1 Å². The molecular weight excluding hydrogens is 408 g/mol. The summed E-state index contributed by atoms with van der Waals surface area (Å²) in [4.78, 5) is 39.9. The average molecular weight is 447 g/mol. The van der Waals surface area contributed by atoms with Crippen molar-refractivity contribution in [1.29, 1.82) is 0 Å². The normalized spacial score (nSPS) is 16.9. The van der Waals surface area contributed by atoms with Crippen molar-refractivity contribution in [2.75, 3.05) is 91.9 Å². The van der Waals surface area contributed by atoms with Crippen LogP contribution in [-0.4, -0.2) is 135 Å². The summed E-state index contributed by atoms with van der Waals surface area (Å²) >= 11 is 0. The van der Waals surface area contributed by atoms with Crippen LogP contribution in [0.15, 0.2) is 0 Å². The van der Waals surface area contributed by atoms with Crippen molar-refractivity contribution in [3.05, 3.63) is 0 Å².